The lowest BCUT2D eigenvalue weighted by atomic mass is 10.2. The number of carboxylic acid groups (broad SMARTS) is 1. The van der Waals surface area contributed by atoms with Crippen molar-refractivity contribution < 1.29 is 23.8 Å². The van der Waals surface area contributed by atoms with Crippen molar-refractivity contribution in [3.8, 4) is 17.1 Å². The lowest BCUT2D eigenvalue weighted by molar-refractivity contribution is -0.137. The van der Waals surface area contributed by atoms with Crippen molar-refractivity contribution in [3.05, 3.63) is 47.1 Å². The van der Waals surface area contributed by atoms with E-state index in [0.29, 0.717) is 20.7 Å². The van der Waals surface area contributed by atoms with Gasteiger partial charge in [0.15, 0.2) is 0 Å². The number of hydrogen-bond donors (Lipinski definition) is 1. The summed E-state index contributed by atoms with van der Waals surface area (Å²) in [5.41, 5.74) is 0.888. The Kier molecular flexibility index (Phi) is 5.43. The predicted molar refractivity (Wildman–Crippen MR) is 103 cm³/mol. The number of amides is 1. The van der Waals surface area contributed by atoms with Crippen LogP contribution in [-0.4, -0.2) is 39.9 Å². The molecule has 6 nitrogen and oxygen atoms in total. The van der Waals surface area contributed by atoms with Crippen LogP contribution in [0.4, 0.5) is 0 Å². The normalized spacial score (nSPS) is 15.7. The molecule has 0 spiro atoms. The minimum Gasteiger partial charge on any atom is -0.497 e. The molecule has 1 N–H and O–H groups in total. The molecule has 0 aliphatic carbocycles. The standard InChI is InChI=1S/C18H15NO5S2/c1-23-12-4-2-11(3-5-12)14-7-6-13(24-14)10-15-17(22)19(18(25)26-15)9-8-16(20)21/h2-7,10H,8-9H2,1H3,(H,20,21). The number of nitrogens with zero attached hydrogens (tertiary/aromatic N) is 1. The first-order chi connectivity index (χ1) is 12.5. The largest absolute Gasteiger partial charge is 0.497 e. The van der Waals surface area contributed by atoms with Gasteiger partial charge >= 0.3 is 5.97 Å². The van der Waals surface area contributed by atoms with Gasteiger partial charge in [0, 0.05) is 18.2 Å². The molecule has 1 amide bonds. The Labute approximate surface area is 159 Å². The van der Waals surface area contributed by atoms with Gasteiger partial charge in [-0.1, -0.05) is 24.0 Å². The summed E-state index contributed by atoms with van der Waals surface area (Å²) < 4.78 is 11.3. The second-order valence-electron chi connectivity index (χ2n) is 5.41. The third kappa shape index (κ3) is 3.97. The van der Waals surface area contributed by atoms with Gasteiger partial charge in [0.2, 0.25) is 0 Å². The molecule has 134 valence electrons. The molecule has 2 aromatic rings. The molecular formula is C18H15NO5S2. The highest BCUT2D eigenvalue weighted by Gasteiger charge is 2.32. The van der Waals surface area contributed by atoms with Crippen molar-refractivity contribution in [2.45, 2.75) is 6.42 Å². The Hall–Kier alpha value is -2.58. The van der Waals surface area contributed by atoms with Gasteiger partial charge in [-0.25, -0.2) is 0 Å². The van der Waals surface area contributed by atoms with Crippen LogP contribution in [-0.2, 0) is 9.59 Å². The quantitative estimate of drug-likeness (QED) is 0.597. The smallest absolute Gasteiger partial charge is 0.305 e. The van der Waals surface area contributed by atoms with E-state index in [-0.39, 0.29) is 18.9 Å². The molecule has 0 bridgehead atoms. The summed E-state index contributed by atoms with van der Waals surface area (Å²) in [6.45, 7) is 0.0621. The number of thiocarbonyl (C=S) groups is 1. The highest BCUT2D eigenvalue weighted by Crippen LogP contribution is 2.33. The number of carbonyl (C=O) groups is 2. The average Bonchev–Trinajstić information content (AvgIpc) is 3.19. The number of thioether (sulfide) groups is 1. The van der Waals surface area contributed by atoms with Gasteiger partial charge in [0.25, 0.3) is 5.91 Å². The van der Waals surface area contributed by atoms with Crippen LogP contribution in [0.3, 0.4) is 0 Å². The van der Waals surface area contributed by atoms with Crippen LogP contribution in [0.15, 0.2) is 45.7 Å². The van der Waals surface area contributed by atoms with E-state index in [9.17, 15) is 9.59 Å². The highest BCUT2D eigenvalue weighted by atomic mass is 32.2. The highest BCUT2D eigenvalue weighted by molar-refractivity contribution is 8.26. The summed E-state index contributed by atoms with van der Waals surface area (Å²) in [6.07, 6.45) is 1.47. The number of rotatable bonds is 6. The molecule has 0 unspecified atom stereocenters. The fraction of sp³-hybridized carbons (Fsp3) is 0.167. The van der Waals surface area contributed by atoms with Crippen LogP contribution >= 0.6 is 24.0 Å². The van der Waals surface area contributed by atoms with E-state index < -0.39 is 5.97 Å². The molecule has 1 aromatic heterocycles. The van der Waals surface area contributed by atoms with Crippen molar-refractivity contribution in [2.75, 3.05) is 13.7 Å². The van der Waals surface area contributed by atoms with Gasteiger partial charge in [0.05, 0.1) is 18.4 Å². The van der Waals surface area contributed by atoms with Gasteiger partial charge in [-0.2, -0.15) is 0 Å². The van der Waals surface area contributed by atoms with Gasteiger partial charge in [-0.15, -0.1) is 0 Å². The Balaban J connectivity index is 1.76. The van der Waals surface area contributed by atoms with E-state index in [4.69, 9.17) is 26.5 Å². The van der Waals surface area contributed by atoms with E-state index in [2.05, 4.69) is 0 Å². The molecule has 1 aliphatic heterocycles. The molecule has 0 radical (unpaired) electrons. The predicted octanol–water partition coefficient (Wildman–Crippen LogP) is 3.63. The van der Waals surface area contributed by atoms with Crippen LogP contribution in [0, 0.1) is 0 Å². The summed E-state index contributed by atoms with van der Waals surface area (Å²) >= 11 is 6.30. The first-order valence-electron chi connectivity index (χ1n) is 7.69. The minimum atomic E-state index is -0.974. The van der Waals surface area contributed by atoms with Crippen LogP contribution in [0.25, 0.3) is 17.4 Å². The van der Waals surface area contributed by atoms with Gasteiger partial charge < -0.3 is 14.3 Å². The molecule has 2 heterocycles. The molecule has 0 saturated carbocycles. The minimum absolute atomic E-state index is 0.0621. The number of methoxy groups -OCH3 is 1. The zero-order valence-electron chi connectivity index (χ0n) is 13.8. The second-order valence-corrected chi connectivity index (χ2v) is 7.08. The Bertz CT molecular complexity index is 885. The lowest BCUT2D eigenvalue weighted by Gasteiger charge is -2.12. The third-order valence-corrected chi connectivity index (χ3v) is 5.08. The number of benzene rings is 1. The average molecular weight is 389 g/mol. The summed E-state index contributed by atoms with van der Waals surface area (Å²) in [5.74, 6) is 0.669. The summed E-state index contributed by atoms with van der Waals surface area (Å²) in [7, 11) is 1.60. The molecule has 26 heavy (non-hydrogen) atoms. The number of carboxylic acids is 1. The number of carbonyl (C=O) groups excluding carboxylic acids is 1. The number of ether oxygens (including phenoxy) is 1. The Morgan fingerprint density at radius 1 is 1.31 bits per heavy atom. The Morgan fingerprint density at radius 3 is 2.69 bits per heavy atom. The third-order valence-electron chi connectivity index (χ3n) is 3.70. The van der Waals surface area contributed by atoms with Crippen molar-refractivity contribution >= 4 is 46.3 Å². The molecule has 8 heteroatoms. The first-order valence-corrected chi connectivity index (χ1v) is 8.92. The van der Waals surface area contributed by atoms with Crippen LogP contribution in [0.2, 0.25) is 0 Å². The molecule has 3 rings (SSSR count). The zero-order chi connectivity index (χ0) is 18.7. The zero-order valence-corrected chi connectivity index (χ0v) is 15.4. The van der Waals surface area contributed by atoms with Crippen molar-refractivity contribution in [2.24, 2.45) is 0 Å². The van der Waals surface area contributed by atoms with Crippen molar-refractivity contribution in [1.82, 2.24) is 4.90 Å². The fourth-order valence-electron chi connectivity index (χ4n) is 2.37. The van der Waals surface area contributed by atoms with Crippen molar-refractivity contribution in [3.63, 3.8) is 0 Å². The molecule has 1 saturated heterocycles. The topological polar surface area (TPSA) is 80.0 Å². The van der Waals surface area contributed by atoms with Crippen LogP contribution < -0.4 is 4.74 Å². The van der Waals surface area contributed by atoms with Gasteiger partial charge in [-0.05, 0) is 36.4 Å². The van der Waals surface area contributed by atoms with E-state index in [1.807, 2.05) is 30.3 Å². The SMILES string of the molecule is COc1ccc(-c2ccc(C=C3SC(=S)N(CCC(=O)O)C3=O)o2)cc1. The van der Waals surface area contributed by atoms with Gasteiger partial charge in [-0.3, -0.25) is 14.5 Å². The molecule has 1 aromatic carbocycles. The van der Waals surface area contributed by atoms with E-state index in [1.54, 1.807) is 19.3 Å². The van der Waals surface area contributed by atoms with Crippen LogP contribution in [0.1, 0.15) is 12.2 Å². The molecule has 0 atom stereocenters. The maximum atomic E-state index is 12.4. The summed E-state index contributed by atoms with van der Waals surface area (Å²) in [4.78, 5) is 24.8. The number of hydrogen-bond acceptors (Lipinski definition) is 6. The Morgan fingerprint density at radius 2 is 2.04 bits per heavy atom. The summed E-state index contributed by atoms with van der Waals surface area (Å²) in [5, 5.41) is 8.77. The summed E-state index contributed by atoms with van der Waals surface area (Å²) in [6, 6.07) is 11.0. The van der Waals surface area contributed by atoms with Crippen molar-refractivity contribution in [1.29, 1.82) is 0 Å². The second kappa shape index (κ2) is 7.76. The van der Waals surface area contributed by atoms with Gasteiger partial charge in [0.1, 0.15) is 21.6 Å². The van der Waals surface area contributed by atoms with E-state index in [1.165, 1.54) is 4.90 Å². The molecule has 1 aliphatic rings. The number of aliphatic carboxylic acids is 1. The van der Waals surface area contributed by atoms with Crippen LogP contribution in [0.5, 0.6) is 5.75 Å². The molecular weight excluding hydrogens is 374 g/mol. The van der Waals surface area contributed by atoms with E-state index >= 15 is 0 Å². The van der Waals surface area contributed by atoms with E-state index in [0.717, 1.165) is 23.1 Å². The molecule has 1 fully saturated rings. The number of furan rings is 1. The fourth-order valence-corrected chi connectivity index (χ4v) is 3.66. The lowest BCUT2D eigenvalue weighted by Crippen LogP contribution is -2.30. The maximum absolute atomic E-state index is 12.4. The monoisotopic (exact) mass is 389 g/mol. The first kappa shape index (κ1) is 18.2. The maximum Gasteiger partial charge on any atom is 0.305 e.